The van der Waals surface area contributed by atoms with E-state index in [0.29, 0.717) is 24.0 Å². The molecule has 32 heavy (non-hydrogen) atoms. The van der Waals surface area contributed by atoms with Gasteiger partial charge in [0.15, 0.2) is 0 Å². The SMILES string of the molecule is O=C(OCCC1CCCC1)C1(C(=O)OCCC2CCCC2)OC=C(Cc2ccccc2)O1. The molecule has 0 atom stereocenters. The third-order valence-corrected chi connectivity index (χ3v) is 6.86. The molecule has 0 spiro atoms. The summed E-state index contributed by atoms with van der Waals surface area (Å²) >= 11 is 0. The lowest BCUT2D eigenvalue weighted by Crippen LogP contribution is -2.50. The second-order valence-corrected chi connectivity index (χ2v) is 9.23. The zero-order valence-corrected chi connectivity index (χ0v) is 18.8. The smallest absolute Gasteiger partial charge is 0.452 e. The van der Waals surface area contributed by atoms with Gasteiger partial charge in [-0.3, -0.25) is 0 Å². The van der Waals surface area contributed by atoms with Gasteiger partial charge in [0, 0.05) is 6.42 Å². The lowest BCUT2D eigenvalue weighted by molar-refractivity contribution is -0.219. The summed E-state index contributed by atoms with van der Waals surface area (Å²) in [5, 5.41) is 0. The Bertz CT molecular complexity index is 756. The predicted octanol–water partition coefficient (Wildman–Crippen LogP) is 5.06. The van der Waals surface area contributed by atoms with E-state index in [2.05, 4.69) is 0 Å². The highest BCUT2D eigenvalue weighted by molar-refractivity contribution is 6.02. The molecule has 0 bridgehead atoms. The van der Waals surface area contributed by atoms with Crippen LogP contribution in [0.15, 0.2) is 42.4 Å². The van der Waals surface area contributed by atoms with Gasteiger partial charge in [0.2, 0.25) is 0 Å². The first-order valence-corrected chi connectivity index (χ1v) is 12.1. The van der Waals surface area contributed by atoms with Crippen LogP contribution in [0.5, 0.6) is 0 Å². The average molecular weight is 443 g/mol. The predicted molar refractivity (Wildman–Crippen MR) is 118 cm³/mol. The van der Waals surface area contributed by atoms with E-state index in [1.165, 1.54) is 57.6 Å². The number of hydrogen-bond acceptors (Lipinski definition) is 6. The van der Waals surface area contributed by atoms with E-state index in [0.717, 1.165) is 18.4 Å². The van der Waals surface area contributed by atoms with Crippen LogP contribution in [0.2, 0.25) is 0 Å². The third kappa shape index (κ3) is 5.64. The first kappa shape index (κ1) is 22.7. The van der Waals surface area contributed by atoms with Crippen LogP contribution in [0.3, 0.4) is 0 Å². The Kier molecular flexibility index (Phi) is 7.72. The molecule has 1 aromatic carbocycles. The molecule has 3 aliphatic rings. The van der Waals surface area contributed by atoms with Crippen LogP contribution in [-0.4, -0.2) is 30.9 Å². The van der Waals surface area contributed by atoms with E-state index < -0.39 is 17.7 Å². The van der Waals surface area contributed by atoms with Crippen LogP contribution in [-0.2, 0) is 35.0 Å². The maximum atomic E-state index is 13.0. The summed E-state index contributed by atoms with van der Waals surface area (Å²) in [5.74, 6) is -2.31. The minimum absolute atomic E-state index is 0.251. The molecule has 2 aliphatic carbocycles. The molecular formula is C26H34O6. The fourth-order valence-corrected chi connectivity index (χ4v) is 4.94. The van der Waals surface area contributed by atoms with Crippen LogP contribution in [0.4, 0.5) is 0 Å². The molecule has 2 fully saturated rings. The zero-order chi connectivity index (χ0) is 22.2. The van der Waals surface area contributed by atoms with Crippen molar-refractivity contribution >= 4 is 11.9 Å². The first-order chi connectivity index (χ1) is 15.7. The largest absolute Gasteiger partial charge is 0.459 e. The molecular weight excluding hydrogens is 408 g/mol. The molecule has 6 heteroatoms. The Morgan fingerprint density at radius 3 is 1.91 bits per heavy atom. The molecule has 174 valence electrons. The second kappa shape index (κ2) is 10.9. The fourth-order valence-electron chi connectivity index (χ4n) is 4.94. The molecule has 0 radical (unpaired) electrons. The number of benzene rings is 1. The quantitative estimate of drug-likeness (QED) is 0.373. The number of esters is 2. The van der Waals surface area contributed by atoms with Gasteiger partial charge in [-0.15, -0.1) is 0 Å². The summed E-state index contributed by atoms with van der Waals surface area (Å²) in [6, 6.07) is 9.67. The van der Waals surface area contributed by atoms with Crippen molar-refractivity contribution in [2.24, 2.45) is 11.8 Å². The Morgan fingerprint density at radius 2 is 1.38 bits per heavy atom. The van der Waals surface area contributed by atoms with Crippen molar-refractivity contribution < 1.29 is 28.5 Å². The van der Waals surface area contributed by atoms with Crippen LogP contribution >= 0.6 is 0 Å². The van der Waals surface area contributed by atoms with Gasteiger partial charge in [0.25, 0.3) is 0 Å². The van der Waals surface area contributed by atoms with Crippen molar-refractivity contribution in [2.45, 2.75) is 76.4 Å². The van der Waals surface area contributed by atoms with Crippen LogP contribution in [0, 0.1) is 11.8 Å². The number of allylic oxidation sites excluding steroid dienone is 1. The third-order valence-electron chi connectivity index (χ3n) is 6.86. The second-order valence-electron chi connectivity index (χ2n) is 9.23. The monoisotopic (exact) mass is 442 g/mol. The number of ether oxygens (including phenoxy) is 4. The maximum Gasteiger partial charge on any atom is 0.452 e. The fraction of sp³-hybridized carbons (Fsp3) is 0.615. The number of rotatable bonds is 10. The lowest BCUT2D eigenvalue weighted by Gasteiger charge is -2.24. The Balaban J connectivity index is 1.36. The standard InChI is InChI=1S/C26H34O6/c27-24(29-16-14-20-8-4-5-9-20)26(25(28)30-17-15-21-10-6-7-11-21)31-19-23(32-26)18-22-12-2-1-3-13-22/h1-3,12-13,19-21H,4-11,14-18H2. The Labute approximate surface area is 190 Å². The maximum absolute atomic E-state index is 13.0. The molecule has 4 rings (SSSR count). The highest BCUT2D eigenvalue weighted by Crippen LogP contribution is 2.33. The molecule has 0 saturated heterocycles. The summed E-state index contributed by atoms with van der Waals surface area (Å²) < 4.78 is 22.3. The van der Waals surface area contributed by atoms with Gasteiger partial charge >= 0.3 is 17.7 Å². The number of hydrogen-bond donors (Lipinski definition) is 0. The van der Waals surface area contributed by atoms with Gasteiger partial charge in [-0.2, -0.15) is 0 Å². The highest BCUT2D eigenvalue weighted by Gasteiger charge is 2.58. The molecule has 0 aromatic heterocycles. The van der Waals surface area contributed by atoms with Crippen molar-refractivity contribution in [1.82, 2.24) is 0 Å². The Morgan fingerprint density at radius 1 is 0.844 bits per heavy atom. The van der Waals surface area contributed by atoms with Crippen molar-refractivity contribution in [3.8, 4) is 0 Å². The molecule has 0 N–H and O–H groups in total. The topological polar surface area (TPSA) is 71.1 Å². The number of carbonyl (C=O) groups excluding carboxylic acids is 2. The molecule has 1 heterocycles. The average Bonchev–Trinajstić information content (AvgIpc) is 3.57. The normalized spacial score (nSPS) is 20.4. The molecule has 6 nitrogen and oxygen atoms in total. The molecule has 1 aliphatic heterocycles. The summed E-state index contributed by atoms with van der Waals surface area (Å²) in [6.07, 6.45) is 12.9. The summed E-state index contributed by atoms with van der Waals surface area (Å²) in [4.78, 5) is 26.0. The van der Waals surface area contributed by atoms with Gasteiger partial charge in [-0.05, 0) is 30.2 Å². The van der Waals surface area contributed by atoms with E-state index >= 15 is 0 Å². The van der Waals surface area contributed by atoms with Gasteiger partial charge < -0.3 is 18.9 Å². The first-order valence-electron chi connectivity index (χ1n) is 12.1. The molecule has 1 aromatic rings. The van der Waals surface area contributed by atoms with E-state index in [1.54, 1.807) is 0 Å². The van der Waals surface area contributed by atoms with Crippen LogP contribution < -0.4 is 0 Å². The van der Waals surface area contributed by atoms with Crippen molar-refractivity contribution in [1.29, 1.82) is 0 Å². The van der Waals surface area contributed by atoms with Crippen molar-refractivity contribution in [3.63, 3.8) is 0 Å². The van der Waals surface area contributed by atoms with Crippen LogP contribution in [0.25, 0.3) is 0 Å². The summed E-state index contributed by atoms with van der Waals surface area (Å²) in [5.41, 5.74) is 0.988. The minimum atomic E-state index is -2.20. The highest BCUT2D eigenvalue weighted by atomic mass is 16.8. The van der Waals surface area contributed by atoms with E-state index in [-0.39, 0.29) is 13.2 Å². The van der Waals surface area contributed by atoms with Gasteiger partial charge in [-0.25, -0.2) is 9.59 Å². The molecule has 0 unspecified atom stereocenters. The van der Waals surface area contributed by atoms with Crippen LogP contribution in [0.1, 0.15) is 69.8 Å². The van der Waals surface area contributed by atoms with Gasteiger partial charge in [-0.1, -0.05) is 81.7 Å². The van der Waals surface area contributed by atoms with Gasteiger partial charge in [0.05, 0.1) is 13.2 Å². The van der Waals surface area contributed by atoms with E-state index in [1.807, 2.05) is 30.3 Å². The summed E-state index contributed by atoms with van der Waals surface area (Å²) in [7, 11) is 0. The van der Waals surface area contributed by atoms with Crippen molar-refractivity contribution in [2.75, 3.05) is 13.2 Å². The van der Waals surface area contributed by atoms with E-state index in [4.69, 9.17) is 18.9 Å². The minimum Gasteiger partial charge on any atom is -0.459 e. The Hall–Kier alpha value is -2.50. The summed E-state index contributed by atoms with van der Waals surface area (Å²) in [6.45, 7) is 0.503. The van der Waals surface area contributed by atoms with Gasteiger partial charge in [0.1, 0.15) is 12.0 Å². The molecule has 0 amide bonds. The van der Waals surface area contributed by atoms with Crippen molar-refractivity contribution in [3.05, 3.63) is 47.9 Å². The number of carbonyl (C=O) groups is 2. The lowest BCUT2D eigenvalue weighted by atomic mass is 10.1. The molecule has 2 saturated carbocycles. The zero-order valence-electron chi connectivity index (χ0n) is 18.8. The van der Waals surface area contributed by atoms with E-state index in [9.17, 15) is 9.59 Å².